The van der Waals surface area contributed by atoms with Gasteiger partial charge in [-0.2, -0.15) is 0 Å². The summed E-state index contributed by atoms with van der Waals surface area (Å²) in [7, 11) is 0. The second-order valence-corrected chi connectivity index (χ2v) is 7.15. The summed E-state index contributed by atoms with van der Waals surface area (Å²) < 4.78 is 17.1. The largest absolute Gasteiger partial charge is 0.492 e. The Morgan fingerprint density at radius 2 is 1.72 bits per heavy atom. The molecule has 0 spiro atoms. The number of nitrogens with one attached hydrogen (secondary N) is 1. The van der Waals surface area contributed by atoms with E-state index in [2.05, 4.69) is 5.32 Å². The molecule has 4 rings (SSSR count). The van der Waals surface area contributed by atoms with E-state index in [1.165, 1.54) is 0 Å². The van der Waals surface area contributed by atoms with Gasteiger partial charge < -0.3 is 19.2 Å². The zero-order valence-corrected chi connectivity index (χ0v) is 17.9. The van der Waals surface area contributed by atoms with Gasteiger partial charge in [0, 0.05) is 6.07 Å². The number of hydrogen-bond donors (Lipinski definition) is 1. The highest BCUT2D eigenvalue weighted by molar-refractivity contribution is 5.93. The Bertz CT molecular complexity index is 1310. The van der Waals surface area contributed by atoms with Gasteiger partial charge in [-0.15, -0.1) is 0 Å². The number of benzene rings is 3. The molecule has 0 saturated carbocycles. The van der Waals surface area contributed by atoms with Crippen LogP contribution in [-0.4, -0.2) is 19.1 Å². The molecule has 0 radical (unpaired) electrons. The first kappa shape index (κ1) is 21.2. The summed E-state index contributed by atoms with van der Waals surface area (Å²) in [5.41, 5.74) is 2.24. The molecule has 0 aliphatic rings. The predicted molar refractivity (Wildman–Crippen MR) is 124 cm³/mol. The SMILES string of the molecule is CCOc1ccccc1NC(=O)COc1ccc2c(=O)c(-c3ccccc3)c(C)oc2c1. The fourth-order valence-corrected chi connectivity index (χ4v) is 3.50. The van der Waals surface area contributed by atoms with Crippen LogP contribution in [0.2, 0.25) is 0 Å². The van der Waals surface area contributed by atoms with Crippen molar-refractivity contribution in [1.29, 1.82) is 0 Å². The van der Waals surface area contributed by atoms with Gasteiger partial charge in [-0.05, 0) is 43.7 Å². The Balaban J connectivity index is 1.51. The van der Waals surface area contributed by atoms with Crippen molar-refractivity contribution in [3.05, 3.63) is 88.8 Å². The minimum atomic E-state index is -0.325. The van der Waals surface area contributed by atoms with Gasteiger partial charge in [-0.25, -0.2) is 0 Å². The summed E-state index contributed by atoms with van der Waals surface area (Å²) in [6.07, 6.45) is 0. The van der Waals surface area contributed by atoms with E-state index in [9.17, 15) is 9.59 Å². The highest BCUT2D eigenvalue weighted by atomic mass is 16.5. The fraction of sp³-hybridized carbons (Fsp3) is 0.154. The van der Waals surface area contributed by atoms with Crippen molar-refractivity contribution in [2.75, 3.05) is 18.5 Å². The first-order valence-electron chi connectivity index (χ1n) is 10.3. The molecule has 1 amide bonds. The quantitative estimate of drug-likeness (QED) is 0.438. The molecule has 3 aromatic carbocycles. The second kappa shape index (κ2) is 9.39. The lowest BCUT2D eigenvalue weighted by atomic mass is 10.0. The number of ether oxygens (including phenoxy) is 2. The molecule has 0 fully saturated rings. The molecule has 0 bridgehead atoms. The van der Waals surface area contributed by atoms with Crippen molar-refractivity contribution in [3.8, 4) is 22.6 Å². The molecule has 32 heavy (non-hydrogen) atoms. The third-order valence-corrected chi connectivity index (χ3v) is 4.93. The number of para-hydroxylation sites is 2. The first-order valence-corrected chi connectivity index (χ1v) is 10.3. The summed E-state index contributed by atoms with van der Waals surface area (Å²) in [6.45, 7) is 3.94. The molecular formula is C26H23NO5. The second-order valence-electron chi connectivity index (χ2n) is 7.15. The Morgan fingerprint density at radius 1 is 0.969 bits per heavy atom. The molecule has 4 aromatic rings. The predicted octanol–water partition coefficient (Wildman–Crippen LogP) is 5.18. The first-order chi connectivity index (χ1) is 15.6. The van der Waals surface area contributed by atoms with Gasteiger partial charge in [0.1, 0.15) is 22.8 Å². The van der Waals surface area contributed by atoms with Crippen molar-refractivity contribution >= 4 is 22.6 Å². The smallest absolute Gasteiger partial charge is 0.262 e. The average molecular weight is 429 g/mol. The highest BCUT2D eigenvalue weighted by Crippen LogP contribution is 2.27. The van der Waals surface area contributed by atoms with Crippen LogP contribution < -0.4 is 20.2 Å². The van der Waals surface area contributed by atoms with Crippen LogP contribution in [0.5, 0.6) is 11.5 Å². The van der Waals surface area contributed by atoms with E-state index >= 15 is 0 Å². The molecule has 1 heterocycles. The zero-order chi connectivity index (χ0) is 22.5. The molecule has 1 aromatic heterocycles. The minimum absolute atomic E-state index is 0.105. The number of rotatable bonds is 7. The monoisotopic (exact) mass is 429 g/mol. The molecule has 0 saturated heterocycles. The molecule has 0 aliphatic carbocycles. The summed E-state index contributed by atoms with van der Waals surface area (Å²) >= 11 is 0. The van der Waals surface area contributed by atoms with Crippen LogP contribution in [0.3, 0.4) is 0 Å². The van der Waals surface area contributed by atoms with Crippen LogP contribution in [0, 0.1) is 6.92 Å². The van der Waals surface area contributed by atoms with Crippen LogP contribution in [-0.2, 0) is 4.79 Å². The number of amides is 1. The van der Waals surface area contributed by atoms with Crippen molar-refractivity contribution in [2.24, 2.45) is 0 Å². The molecule has 6 nitrogen and oxygen atoms in total. The van der Waals surface area contributed by atoms with Crippen LogP contribution in [0.4, 0.5) is 5.69 Å². The van der Waals surface area contributed by atoms with Gasteiger partial charge in [0.25, 0.3) is 5.91 Å². The van der Waals surface area contributed by atoms with Crippen LogP contribution in [0.25, 0.3) is 22.1 Å². The lowest BCUT2D eigenvalue weighted by molar-refractivity contribution is -0.118. The number of carbonyl (C=O) groups excluding carboxylic acids is 1. The summed E-state index contributed by atoms with van der Waals surface area (Å²) in [6, 6.07) is 21.6. The Kier molecular flexibility index (Phi) is 6.22. The lowest BCUT2D eigenvalue weighted by Gasteiger charge is -2.12. The summed E-state index contributed by atoms with van der Waals surface area (Å²) in [4.78, 5) is 25.4. The molecule has 0 aliphatic heterocycles. The number of aryl methyl sites for hydroxylation is 1. The van der Waals surface area contributed by atoms with Gasteiger partial charge in [0.05, 0.1) is 23.2 Å². The van der Waals surface area contributed by atoms with Gasteiger partial charge >= 0.3 is 0 Å². The minimum Gasteiger partial charge on any atom is -0.492 e. The average Bonchev–Trinajstić information content (AvgIpc) is 2.80. The molecular weight excluding hydrogens is 406 g/mol. The topological polar surface area (TPSA) is 77.8 Å². The van der Waals surface area contributed by atoms with E-state index in [-0.39, 0.29) is 17.9 Å². The number of hydrogen-bond acceptors (Lipinski definition) is 5. The van der Waals surface area contributed by atoms with Crippen molar-refractivity contribution in [1.82, 2.24) is 0 Å². The van der Waals surface area contributed by atoms with E-state index < -0.39 is 0 Å². The van der Waals surface area contributed by atoms with Crippen molar-refractivity contribution in [3.63, 3.8) is 0 Å². The molecule has 0 unspecified atom stereocenters. The molecule has 0 atom stereocenters. The van der Waals surface area contributed by atoms with Gasteiger partial charge in [-0.3, -0.25) is 9.59 Å². The Hall–Kier alpha value is -4.06. The fourth-order valence-electron chi connectivity index (χ4n) is 3.50. The van der Waals surface area contributed by atoms with Crippen LogP contribution >= 0.6 is 0 Å². The van der Waals surface area contributed by atoms with Crippen LogP contribution in [0.15, 0.2) is 82.0 Å². The third kappa shape index (κ3) is 4.49. The van der Waals surface area contributed by atoms with Crippen LogP contribution in [0.1, 0.15) is 12.7 Å². The highest BCUT2D eigenvalue weighted by Gasteiger charge is 2.14. The number of anilines is 1. The molecule has 1 N–H and O–H groups in total. The standard InChI is InChI=1S/C26H23NO5/c1-3-30-22-12-8-7-11-21(22)27-24(28)16-31-19-13-14-20-23(15-19)32-17(2)25(26(20)29)18-9-5-4-6-10-18/h4-15H,3,16H2,1-2H3,(H,27,28). The molecule has 162 valence electrons. The maximum absolute atomic E-state index is 13.0. The summed E-state index contributed by atoms with van der Waals surface area (Å²) in [5, 5.41) is 3.24. The van der Waals surface area contributed by atoms with Gasteiger partial charge in [0.15, 0.2) is 6.61 Å². The van der Waals surface area contributed by atoms with E-state index in [1.807, 2.05) is 49.4 Å². The Labute approximate surface area is 185 Å². The van der Waals surface area contributed by atoms with Crippen molar-refractivity contribution in [2.45, 2.75) is 13.8 Å². The number of fused-ring (bicyclic) bond motifs is 1. The zero-order valence-electron chi connectivity index (χ0n) is 17.9. The number of carbonyl (C=O) groups is 1. The maximum Gasteiger partial charge on any atom is 0.262 e. The van der Waals surface area contributed by atoms with Gasteiger partial charge in [-0.1, -0.05) is 42.5 Å². The maximum atomic E-state index is 13.0. The van der Waals surface area contributed by atoms with E-state index in [0.717, 1.165) is 5.56 Å². The van der Waals surface area contributed by atoms with E-state index in [1.54, 1.807) is 37.3 Å². The van der Waals surface area contributed by atoms with E-state index in [0.29, 0.717) is 46.1 Å². The third-order valence-electron chi connectivity index (χ3n) is 4.93. The Morgan fingerprint density at radius 3 is 2.50 bits per heavy atom. The van der Waals surface area contributed by atoms with Crippen molar-refractivity contribution < 1.29 is 18.7 Å². The van der Waals surface area contributed by atoms with Gasteiger partial charge in [0.2, 0.25) is 5.43 Å². The lowest BCUT2D eigenvalue weighted by Crippen LogP contribution is -2.20. The molecule has 6 heteroatoms. The normalized spacial score (nSPS) is 10.7. The summed E-state index contributed by atoms with van der Waals surface area (Å²) in [5.74, 6) is 1.23. The van der Waals surface area contributed by atoms with E-state index in [4.69, 9.17) is 13.9 Å².